The van der Waals surface area contributed by atoms with Gasteiger partial charge >= 0.3 is 5.97 Å². The molecule has 25 heavy (non-hydrogen) atoms. The Morgan fingerprint density at radius 3 is 2.40 bits per heavy atom. The Morgan fingerprint density at radius 1 is 1.08 bits per heavy atom. The molecular weight excluding hydrogens is 362 g/mol. The maximum Gasteiger partial charge on any atom is 0.344 e. The number of benzene rings is 2. The molecule has 0 aliphatic heterocycles. The van der Waals surface area contributed by atoms with Crippen LogP contribution in [0.3, 0.4) is 0 Å². The number of ether oxygens (including phenoxy) is 2. The van der Waals surface area contributed by atoms with Crippen molar-refractivity contribution >= 4 is 27.8 Å². The average Bonchev–Trinajstić information content (AvgIpc) is 2.62. The average molecular weight is 381 g/mol. The third kappa shape index (κ3) is 6.41. The summed E-state index contributed by atoms with van der Waals surface area (Å²) in [5.41, 5.74) is 0. The van der Waals surface area contributed by atoms with E-state index in [1.165, 1.54) is 11.8 Å². The van der Waals surface area contributed by atoms with E-state index in [-0.39, 0.29) is 17.4 Å². The van der Waals surface area contributed by atoms with Gasteiger partial charge in [0, 0.05) is 4.90 Å². The molecule has 0 amide bonds. The lowest BCUT2D eigenvalue weighted by molar-refractivity contribution is -0.145. The number of carbonyl (C=O) groups is 1. The molecule has 0 unspecified atom stereocenters. The summed E-state index contributed by atoms with van der Waals surface area (Å²) < 4.78 is 36.8. The Labute approximate surface area is 151 Å². The second kappa shape index (κ2) is 9.45. The van der Waals surface area contributed by atoms with Crippen molar-refractivity contribution in [2.24, 2.45) is 0 Å². The van der Waals surface area contributed by atoms with Gasteiger partial charge in [-0.2, -0.15) is 0 Å². The van der Waals surface area contributed by atoms with E-state index >= 15 is 0 Å². The number of hydrogen-bond donors (Lipinski definition) is 1. The van der Waals surface area contributed by atoms with Gasteiger partial charge in [0.25, 0.3) is 0 Å². The Balaban J connectivity index is 1.81. The molecule has 0 radical (unpaired) electrons. The highest BCUT2D eigenvalue weighted by atomic mass is 32.2. The number of thioether (sulfide) groups is 1. The van der Waals surface area contributed by atoms with Crippen LogP contribution in [0, 0.1) is 0 Å². The highest BCUT2D eigenvalue weighted by Crippen LogP contribution is 2.21. The van der Waals surface area contributed by atoms with Crippen LogP contribution in [0.4, 0.5) is 0 Å². The molecule has 0 aliphatic carbocycles. The Kier molecular flexibility index (Phi) is 7.30. The Hall–Kier alpha value is -2.03. The van der Waals surface area contributed by atoms with Gasteiger partial charge in [-0.1, -0.05) is 18.2 Å². The zero-order valence-corrected chi connectivity index (χ0v) is 15.3. The first-order valence-electron chi connectivity index (χ1n) is 7.57. The molecule has 8 heteroatoms. The minimum atomic E-state index is -3.51. The van der Waals surface area contributed by atoms with Gasteiger partial charge in [0.05, 0.1) is 17.4 Å². The summed E-state index contributed by atoms with van der Waals surface area (Å²) in [5, 5.41) is 0. The summed E-state index contributed by atoms with van der Waals surface area (Å²) in [5.74, 6) is 0.332. The number of rotatable bonds is 9. The van der Waals surface area contributed by atoms with Crippen molar-refractivity contribution in [3.8, 4) is 5.75 Å². The maximum absolute atomic E-state index is 12.1. The summed E-state index contributed by atoms with van der Waals surface area (Å²) in [6.07, 6.45) is 0. The molecule has 0 fully saturated rings. The first-order chi connectivity index (χ1) is 12.0. The van der Waals surface area contributed by atoms with Crippen molar-refractivity contribution in [3.63, 3.8) is 0 Å². The first kappa shape index (κ1) is 19.3. The summed E-state index contributed by atoms with van der Waals surface area (Å²) in [4.78, 5) is 12.3. The molecule has 2 aromatic rings. The second-order valence-electron chi connectivity index (χ2n) is 4.81. The highest BCUT2D eigenvalue weighted by molar-refractivity contribution is 8.00. The SMILES string of the molecule is CCOC(=O)COc1ccc(SCNS(=O)(=O)c2ccccc2)cc1. The maximum atomic E-state index is 12.1. The molecule has 2 aromatic carbocycles. The lowest BCUT2D eigenvalue weighted by Gasteiger charge is -2.08. The Bertz CT molecular complexity index is 776. The molecule has 6 nitrogen and oxygen atoms in total. The minimum Gasteiger partial charge on any atom is -0.482 e. The zero-order chi connectivity index (χ0) is 18.1. The van der Waals surface area contributed by atoms with Gasteiger partial charge in [0.1, 0.15) is 5.75 Å². The van der Waals surface area contributed by atoms with Gasteiger partial charge in [0.2, 0.25) is 10.0 Å². The molecule has 0 aliphatic rings. The third-order valence-corrected chi connectivity index (χ3v) is 5.52. The van der Waals surface area contributed by atoms with Crippen LogP contribution >= 0.6 is 11.8 Å². The van der Waals surface area contributed by atoms with Crippen molar-refractivity contribution in [2.45, 2.75) is 16.7 Å². The molecule has 0 aromatic heterocycles. The van der Waals surface area contributed by atoms with Crippen molar-refractivity contribution in [2.75, 3.05) is 19.1 Å². The molecule has 0 bridgehead atoms. The number of sulfonamides is 1. The van der Waals surface area contributed by atoms with Crippen molar-refractivity contribution in [1.82, 2.24) is 4.72 Å². The molecule has 0 saturated carbocycles. The molecule has 0 atom stereocenters. The molecular formula is C17H19NO5S2. The van der Waals surface area contributed by atoms with Gasteiger partial charge in [-0.05, 0) is 43.3 Å². The topological polar surface area (TPSA) is 81.7 Å². The first-order valence-corrected chi connectivity index (χ1v) is 10.0. The van der Waals surface area contributed by atoms with Gasteiger partial charge in [0.15, 0.2) is 6.61 Å². The molecule has 1 N–H and O–H groups in total. The standard InChI is InChI=1S/C17H19NO5S2/c1-2-22-17(19)12-23-14-8-10-15(11-9-14)24-13-18-25(20,21)16-6-4-3-5-7-16/h3-11,18H,2,12-13H2,1H3. The van der Waals surface area contributed by atoms with Crippen LogP contribution in [0.5, 0.6) is 5.75 Å². The van der Waals surface area contributed by atoms with Crippen LogP contribution < -0.4 is 9.46 Å². The quantitative estimate of drug-likeness (QED) is 0.409. The van der Waals surface area contributed by atoms with Crippen molar-refractivity contribution < 1.29 is 22.7 Å². The largest absolute Gasteiger partial charge is 0.482 e. The van der Waals surface area contributed by atoms with Crippen LogP contribution in [0.15, 0.2) is 64.4 Å². The number of esters is 1. The normalized spacial score (nSPS) is 11.1. The fourth-order valence-corrected chi connectivity index (χ4v) is 3.88. The van der Waals surface area contributed by atoms with Gasteiger partial charge in [-0.25, -0.2) is 17.9 Å². The summed E-state index contributed by atoms with van der Waals surface area (Å²) in [7, 11) is -3.51. The number of hydrogen-bond acceptors (Lipinski definition) is 6. The van der Waals surface area contributed by atoms with E-state index in [0.29, 0.717) is 12.4 Å². The van der Waals surface area contributed by atoms with E-state index in [0.717, 1.165) is 4.90 Å². The fraction of sp³-hybridized carbons (Fsp3) is 0.235. The molecule has 0 saturated heterocycles. The van der Waals surface area contributed by atoms with Crippen LogP contribution in [-0.2, 0) is 19.6 Å². The van der Waals surface area contributed by atoms with E-state index in [1.54, 1.807) is 61.5 Å². The third-order valence-electron chi connectivity index (χ3n) is 3.03. The molecule has 0 spiro atoms. The van der Waals surface area contributed by atoms with E-state index in [9.17, 15) is 13.2 Å². The predicted octanol–water partition coefficient (Wildman–Crippen LogP) is 2.66. The summed E-state index contributed by atoms with van der Waals surface area (Å²) >= 11 is 1.35. The second-order valence-corrected chi connectivity index (χ2v) is 7.63. The number of nitrogens with one attached hydrogen (secondary N) is 1. The van der Waals surface area contributed by atoms with Crippen molar-refractivity contribution in [1.29, 1.82) is 0 Å². The zero-order valence-electron chi connectivity index (χ0n) is 13.7. The van der Waals surface area contributed by atoms with E-state index in [4.69, 9.17) is 9.47 Å². The van der Waals surface area contributed by atoms with Gasteiger partial charge in [-0.3, -0.25) is 0 Å². The molecule has 134 valence electrons. The fourth-order valence-electron chi connectivity index (χ4n) is 1.85. The van der Waals surface area contributed by atoms with Crippen LogP contribution in [0.25, 0.3) is 0 Å². The van der Waals surface area contributed by atoms with Crippen molar-refractivity contribution in [3.05, 3.63) is 54.6 Å². The highest BCUT2D eigenvalue weighted by Gasteiger charge is 2.12. The van der Waals surface area contributed by atoms with E-state index < -0.39 is 16.0 Å². The molecule has 2 rings (SSSR count). The van der Waals surface area contributed by atoms with Crippen LogP contribution in [0.1, 0.15) is 6.92 Å². The molecule has 0 heterocycles. The van der Waals surface area contributed by atoms with Crippen LogP contribution in [-0.4, -0.2) is 33.5 Å². The van der Waals surface area contributed by atoms with Gasteiger partial charge < -0.3 is 9.47 Å². The lowest BCUT2D eigenvalue weighted by atomic mass is 10.3. The van der Waals surface area contributed by atoms with Crippen LogP contribution in [0.2, 0.25) is 0 Å². The predicted molar refractivity (Wildman–Crippen MR) is 96.1 cm³/mol. The number of carbonyl (C=O) groups excluding carboxylic acids is 1. The Morgan fingerprint density at radius 2 is 1.76 bits per heavy atom. The van der Waals surface area contributed by atoms with E-state index in [2.05, 4.69) is 4.72 Å². The van der Waals surface area contributed by atoms with E-state index in [1.807, 2.05) is 0 Å². The summed E-state index contributed by atoms with van der Waals surface area (Å²) in [6, 6.07) is 15.2. The van der Waals surface area contributed by atoms with Gasteiger partial charge in [-0.15, -0.1) is 11.8 Å². The lowest BCUT2D eigenvalue weighted by Crippen LogP contribution is -2.23. The monoisotopic (exact) mass is 381 g/mol. The summed E-state index contributed by atoms with van der Waals surface area (Å²) in [6.45, 7) is 1.91. The smallest absolute Gasteiger partial charge is 0.344 e. The minimum absolute atomic E-state index is 0.142.